The molecule has 0 aliphatic heterocycles. The van der Waals surface area contributed by atoms with Crippen LogP contribution in [-0.2, 0) is 6.42 Å². The fraction of sp³-hybridized carbons (Fsp3) is 0.0833. The quantitative estimate of drug-likeness (QED) is 0.327. The van der Waals surface area contributed by atoms with Crippen LogP contribution in [0.15, 0.2) is 24.3 Å². The van der Waals surface area contributed by atoms with Crippen LogP contribution in [0.2, 0.25) is 0 Å². The summed E-state index contributed by atoms with van der Waals surface area (Å²) < 4.78 is 65.0. The smallest absolute Gasteiger partial charge is 0.200 e. The molecule has 0 saturated heterocycles. The van der Waals surface area contributed by atoms with Crippen LogP contribution in [0.5, 0.6) is 0 Å². The Kier molecular flexibility index (Phi) is 2.92. The SMILES string of the molecule is Fc1c(F)c(F)c(Cc2cc[cH-]c2)c(F)c1F. The third-order valence-corrected chi connectivity index (χ3v) is 2.41. The molecule has 0 aliphatic rings. The van der Waals surface area contributed by atoms with E-state index in [0.29, 0.717) is 5.56 Å². The van der Waals surface area contributed by atoms with Gasteiger partial charge in [0.05, 0.1) is 0 Å². The number of hydrogen-bond acceptors (Lipinski definition) is 0. The highest BCUT2D eigenvalue weighted by molar-refractivity contribution is 5.30. The van der Waals surface area contributed by atoms with Crippen molar-refractivity contribution in [2.24, 2.45) is 0 Å². The van der Waals surface area contributed by atoms with Gasteiger partial charge in [-0.25, -0.2) is 28.0 Å². The van der Waals surface area contributed by atoms with Gasteiger partial charge in [-0.15, -0.1) is 0 Å². The highest BCUT2D eigenvalue weighted by Gasteiger charge is 2.24. The van der Waals surface area contributed by atoms with Crippen molar-refractivity contribution in [1.82, 2.24) is 0 Å². The molecule has 90 valence electrons. The minimum absolute atomic E-state index is 0.335. The Morgan fingerprint density at radius 1 is 0.824 bits per heavy atom. The maximum Gasteiger partial charge on any atom is 0.200 e. The summed E-state index contributed by atoms with van der Waals surface area (Å²) in [5, 5.41) is 0. The highest BCUT2D eigenvalue weighted by Crippen LogP contribution is 2.25. The van der Waals surface area contributed by atoms with Crippen LogP contribution in [0.1, 0.15) is 11.1 Å². The van der Waals surface area contributed by atoms with Crippen molar-refractivity contribution in [1.29, 1.82) is 0 Å². The molecule has 0 unspecified atom stereocenters. The van der Waals surface area contributed by atoms with Crippen LogP contribution < -0.4 is 0 Å². The first-order valence-corrected chi connectivity index (χ1v) is 4.73. The van der Waals surface area contributed by atoms with Crippen LogP contribution in [0, 0.1) is 29.1 Å². The monoisotopic (exact) mass is 245 g/mol. The molecule has 0 radical (unpaired) electrons. The van der Waals surface area contributed by atoms with Crippen molar-refractivity contribution in [2.75, 3.05) is 0 Å². The van der Waals surface area contributed by atoms with Gasteiger partial charge in [0.25, 0.3) is 0 Å². The van der Waals surface area contributed by atoms with E-state index in [1.54, 1.807) is 12.1 Å². The van der Waals surface area contributed by atoms with Gasteiger partial charge in [0.15, 0.2) is 23.3 Å². The average Bonchev–Trinajstić information content (AvgIpc) is 2.82. The first-order valence-electron chi connectivity index (χ1n) is 4.73. The zero-order valence-corrected chi connectivity index (χ0v) is 8.41. The van der Waals surface area contributed by atoms with E-state index in [0.717, 1.165) is 0 Å². The molecular formula is C12H6F5-. The summed E-state index contributed by atoms with van der Waals surface area (Å²) >= 11 is 0. The normalized spacial score (nSPS) is 10.9. The van der Waals surface area contributed by atoms with Crippen LogP contribution in [-0.4, -0.2) is 0 Å². The number of benzene rings is 1. The standard InChI is InChI=1S/C12H6F5/c13-8-7(5-6-3-1-2-4-6)9(14)11(16)12(17)10(8)15/h1-4H,5H2/q-1. The maximum absolute atomic E-state index is 13.3. The van der Waals surface area contributed by atoms with Gasteiger partial charge < -0.3 is 0 Å². The van der Waals surface area contributed by atoms with Crippen LogP contribution in [0.25, 0.3) is 0 Å². The predicted molar refractivity (Wildman–Crippen MR) is 51.1 cm³/mol. The van der Waals surface area contributed by atoms with E-state index in [4.69, 9.17) is 0 Å². The first kappa shape index (κ1) is 11.7. The van der Waals surface area contributed by atoms with Crippen molar-refractivity contribution >= 4 is 0 Å². The third-order valence-electron chi connectivity index (χ3n) is 2.41. The molecular weight excluding hydrogens is 239 g/mol. The van der Waals surface area contributed by atoms with Crippen LogP contribution in [0.4, 0.5) is 22.0 Å². The van der Waals surface area contributed by atoms with Gasteiger partial charge >= 0.3 is 0 Å². The van der Waals surface area contributed by atoms with E-state index in [-0.39, 0.29) is 6.42 Å². The minimum Gasteiger partial charge on any atom is -0.210 e. The van der Waals surface area contributed by atoms with Gasteiger partial charge in [-0.2, -0.15) is 23.8 Å². The molecule has 0 heterocycles. The first-order chi connectivity index (χ1) is 8.02. The minimum atomic E-state index is -2.13. The molecule has 0 aliphatic carbocycles. The van der Waals surface area contributed by atoms with E-state index in [2.05, 4.69) is 0 Å². The molecule has 2 aromatic carbocycles. The summed E-state index contributed by atoms with van der Waals surface area (Å²) in [6.07, 6.45) is -0.335. The Bertz CT molecular complexity index is 514. The van der Waals surface area contributed by atoms with Crippen molar-refractivity contribution in [3.63, 3.8) is 0 Å². The predicted octanol–water partition coefficient (Wildman–Crippen LogP) is 3.69. The largest absolute Gasteiger partial charge is 0.210 e. The topological polar surface area (TPSA) is 0 Å². The molecule has 0 N–H and O–H groups in total. The van der Waals surface area contributed by atoms with Crippen LogP contribution >= 0.6 is 0 Å². The second-order valence-electron chi connectivity index (χ2n) is 3.52. The van der Waals surface area contributed by atoms with E-state index < -0.39 is 34.6 Å². The van der Waals surface area contributed by atoms with Gasteiger partial charge in [-0.05, 0) is 0 Å². The lowest BCUT2D eigenvalue weighted by molar-refractivity contribution is 0.371. The Hall–Kier alpha value is -1.78. The molecule has 0 fully saturated rings. The summed E-state index contributed by atoms with van der Waals surface area (Å²) in [4.78, 5) is 0. The molecule has 2 rings (SSSR count). The molecule has 5 heteroatoms. The molecule has 0 aromatic heterocycles. The summed E-state index contributed by atoms with van der Waals surface area (Å²) in [6.45, 7) is 0. The summed E-state index contributed by atoms with van der Waals surface area (Å²) in [5.41, 5.74) is -0.333. The highest BCUT2D eigenvalue weighted by atomic mass is 19.2. The molecule has 0 bridgehead atoms. The maximum atomic E-state index is 13.3. The van der Waals surface area contributed by atoms with E-state index in [1.807, 2.05) is 0 Å². The van der Waals surface area contributed by atoms with Gasteiger partial charge in [-0.3, -0.25) is 0 Å². The van der Waals surface area contributed by atoms with Gasteiger partial charge in [0.2, 0.25) is 5.82 Å². The van der Waals surface area contributed by atoms with Gasteiger partial charge in [0.1, 0.15) is 0 Å². The van der Waals surface area contributed by atoms with E-state index in [9.17, 15) is 22.0 Å². The lowest BCUT2D eigenvalue weighted by Crippen LogP contribution is -2.07. The van der Waals surface area contributed by atoms with Crippen molar-refractivity contribution in [2.45, 2.75) is 6.42 Å². The van der Waals surface area contributed by atoms with Gasteiger partial charge in [0, 0.05) is 5.56 Å². The summed E-state index contributed by atoms with van der Waals surface area (Å²) in [6, 6.07) is 6.30. The Labute approximate surface area is 93.7 Å². The average molecular weight is 245 g/mol. The number of hydrogen-bond donors (Lipinski definition) is 0. The number of rotatable bonds is 2. The molecule has 0 atom stereocenters. The zero-order chi connectivity index (χ0) is 12.6. The van der Waals surface area contributed by atoms with E-state index >= 15 is 0 Å². The Balaban J connectivity index is 2.54. The lowest BCUT2D eigenvalue weighted by Gasteiger charge is -2.10. The molecule has 2 aromatic rings. The van der Waals surface area contributed by atoms with Crippen molar-refractivity contribution < 1.29 is 22.0 Å². The number of halogens is 5. The molecule has 0 amide bonds. The zero-order valence-electron chi connectivity index (χ0n) is 8.41. The summed E-state index contributed by atoms with van der Waals surface area (Å²) in [7, 11) is 0. The second-order valence-corrected chi connectivity index (χ2v) is 3.52. The fourth-order valence-electron chi connectivity index (χ4n) is 1.54. The van der Waals surface area contributed by atoms with Crippen molar-refractivity contribution in [3.8, 4) is 0 Å². The molecule has 17 heavy (non-hydrogen) atoms. The fourth-order valence-corrected chi connectivity index (χ4v) is 1.54. The third kappa shape index (κ3) is 1.92. The van der Waals surface area contributed by atoms with Gasteiger partial charge in [-0.1, -0.05) is 6.42 Å². The summed E-state index contributed by atoms with van der Waals surface area (Å²) in [5.74, 6) is -9.51. The van der Waals surface area contributed by atoms with Crippen LogP contribution in [0.3, 0.4) is 0 Å². The van der Waals surface area contributed by atoms with E-state index in [1.165, 1.54) is 12.1 Å². The second kappa shape index (κ2) is 4.24. The molecule has 0 saturated carbocycles. The Morgan fingerprint density at radius 2 is 1.35 bits per heavy atom. The molecule has 0 spiro atoms. The lowest BCUT2D eigenvalue weighted by atomic mass is 10.1. The van der Waals surface area contributed by atoms with Crippen molar-refractivity contribution in [3.05, 3.63) is 64.5 Å². The molecule has 0 nitrogen and oxygen atoms in total. The Morgan fingerprint density at radius 3 is 1.82 bits per heavy atom.